The Kier molecular flexibility index (Phi) is 3.80. The van der Waals surface area contributed by atoms with E-state index < -0.39 is 35.4 Å². The largest absolute Gasteiger partial charge is 0.457 e. The van der Waals surface area contributed by atoms with Gasteiger partial charge in [0, 0.05) is 12.8 Å². The molecule has 0 amide bonds. The minimum Gasteiger partial charge on any atom is -0.457 e. The number of ether oxygens (including phenoxy) is 3. The van der Waals surface area contributed by atoms with E-state index in [1.165, 1.54) is 0 Å². The van der Waals surface area contributed by atoms with Crippen molar-refractivity contribution >= 4 is 5.97 Å². The molecule has 4 rings (SSSR count). The summed E-state index contributed by atoms with van der Waals surface area (Å²) in [4.78, 5) is 12.5. The predicted molar refractivity (Wildman–Crippen MR) is 92.8 cm³/mol. The quantitative estimate of drug-likeness (QED) is 0.549. The van der Waals surface area contributed by atoms with Gasteiger partial charge in [-0.1, -0.05) is 17.7 Å². The molecule has 6 nitrogen and oxygen atoms in total. The molecule has 26 heavy (non-hydrogen) atoms. The Labute approximate surface area is 153 Å². The third kappa shape index (κ3) is 2.51. The average Bonchev–Trinajstić information content (AvgIpc) is 2.82. The molecule has 2 saturated heterocycles. The second kappa shape index (κ2) is 5.52. The lowest BCUT2D eigenvalue weighted by molar-refractivity contribution is -0.307. The van der Waals surface area contributed by atoms with Crippen LogP contribution in [0.4, 0.5) is 0 Å². The molecule has 0 saturated carbocycles. The number of allylic oxidation sites excluding steroid dienone is 1. The van der Waals surface area contributed by atoms with Gasteiger partial charge in [-0.15, -0.1) is 0 Å². The van der Waals surface area contributed by atoms with Gasteiger partial charge in [-0.25, -0.2) is 4.79 Å². The highest BCUT2D eigenvalue weighted by Crippen LogP contribution is 2.50. The number of hydrogen-bond acceptors (Lipinski definition) is 6. The summed E-state index contributed by atoms with van der Waals surface area (Å²) >= 11 is 0. The Morgan fingerprint density at radius 2 is 2.04 bits per heavy atom. The van der Waals surface area contributed by atoms with Gasteiger partial charge in [-0.3, -0.25) is 0 Å². The van der Waals surface area contributed by atoms with Gasteiger partial charge in [-0.05, 0) is 57.3 Å². The van der Waals surface area contributed by atoms with Gasteiger partial charge in [0.15, 0.2) is 11.4 Å². The van der Waals surface area contributed by atoms with Gasteiger partial charge >= 0.3 is 5.97 Å². The number of esters is 1. The minimum atomic E-state index is -1.73. The Morgan fingerprint density at radius 3 is 2.73 bits per heavy atom. The molecule has 4 heterocycles. The summed E-state index contributed by atoms with van der Waals surface area (Å²) in [6.07, 6.45) is 3.53. The summed E-state index contributed by atoms with van der Waals surface area (Å²) in [7, 11) is 0. The maximum absolute atomic E-state index is 12.5. The summed E-state index contributed by atoms with van der Waals surface area (Å²) < 4.78 is 17.7. The van der Waals surface area contributed by atoms with E-state index >= 15 is 0 Å². The van der Waals surface area contributed by atoms with E-state index in [0.717, 1.165) is 11.1 Å². The molecule has 0 aliphatic carbocycles. The zero-order valence-corrected chi connectivity index (χ0v) is 15.4. The van der Waals surface area contributed by atoms with Gasteiger partial charge in [0.05, 0.1) is 0 Å². The fourth-order valence-corrected chi connectivity index (χ4v) is 4.61. The van der Waals surface area contributed by atoms with Crippen LogP contribution in [0.3, 0.4) is 0 Å². The van der Waals surface area contributed by atoms with E-state index in [4.69, 9.17) is 14.2 Å². The van der Waals surface area contributed by atoms with E-state index in [9.17, 15) is 15.0 Å². The highest BCUT2D eigenvalue weighted by Gasteiger charge is 2.62. The molecule has 0 aromatic carbocycles. The lowest BCUT2D eigenvalue weighted by Crippen LogP contribution is -2.53. The number of carbonyl (C=O) groups excluding carboxylic acids is 1. The topological polar surface area (TPSA) is 85.2 Å². The number of rotatable bonds is 1. The van der Waals surface area contributed by atoms with Crippen molar-refractivity contribution in [3.05, 3.63) is 35.5 Å². The van der Waals surface area contributed by atoms with Gasteiger partial charge in [0.1, 0.15) is 12.2 Å². The zero-order chi connectivity index (χ0) is 18.9. The van der Waals surface area contributed by atoms with E-state index in [1.54, 1.807) is 19.1 Å². The summed E-state index contributed by atoms with van der Waals surface area (Å²) in [5, 5.41) is 22.4. The number of aliphatic hydroxyl groups is 2. The maximum Gasteiger partial charge on any atom is 0.341 e. The summed E-state index contributed by atoms with van der Waals surface area (Å²) in [5.41, 5.74) is 0.714. The van der Waals surface area contributed by atoms with Crippen molar-refractivity contribution in [2.45, 2.75) is 75.8 Å². The molecule has 0 aromatic rings. The molecule has 4 aliphatic heterocycles. The van der Waals surface area contributed by atoms with Gasteiger partial charge in [0.2, 0.25) is 5.79 Å². The molecule has 6 unspecified atom stereocenters. The van der Waals surface area contributed by atoms with E-state index in [2.05, 4.69) is 6.58 Å². The van der Waals surface area contributed by atoms with Crippen LogP contribution in [-0.4, -0.2) is 45.6 Å². The Balaban J connectivity index is 1.85. The zero-order valence-electron chi connectivity index (χ0n) is 15.4. The molecule has 3 bridgehead atoms. The van der Waals surface area contributed by atoms with Crippen LogP contribution >= 0.6 is 0 Å². The first-order valence-corrected chi connectivity index (χ1v) is 9.14. The lowest BCUT2D eigenvalue weighted by atomic mass is 9.81. The van der Waals surface area contributed by atoms with Crippen molar-refractivity contribution in [3.63, 3.8) is 0 Å². The molecule has 142 valence electrons. The monoisotopic (exact) mass is 362 g/mol. The second-order valence-electron chi connectivity index (χ2n) is 8.32. The summed E-state index contributed by atoms with van der Waals surface area (Å²) in [5.74, 6) is -3.55. The fourth-order valence-electron chi connectivity index (χ4n) is 4.61. The third-order valence-electron chi connectivity index (χ3n) is 6.16. The fraction of sp³-hybridized carbons (Fsp3) is 0.650. The Bertz CT molecular complexity index is 739. The lowest BCUT2D eigenvalue weighted by Gasteiger charge is -2.39. The molecule has 2 fully saturated rings. The first kappa shape index (κ1) is 17.9. The van der Waals surface area contributed by atoms with Crippen LogP contribution in [0.15, 0.2) is 35.5 Å². The number of fused-ring (bicyclic) bond motifs is 1. The summed E-state index contributed by atoms with van der Waals surface area (Å²) in [6.45, 7) is 9.61. The molecule has 4 aliphatic rings. The number of hydrogen-bond donors (Lipinski definition) is 2. The molecule has 0 aromatic heterocycles. The first-order chi connectivity index (χ1) is 12.1. The smallest absolute Gasteiger partial charge is 0.341 e. The van der Waals surface area contributed by atoms with Crippen molar-refractivity contribution in [1.82, 2.24) is 0 Å². The van der Waals surface area contributed by atoms with Crippen LogP contribution in [0.2, 0.25) is 0 Å². The van der Waals surface area contributed by atoms with Crippen molar-refractivity contribution in [3.8, 4) is 0 Å². The van der Waals surface area contributed by atoms with Crippen LogP contribution in [0, 0.1) is 5.92 Å². The van der Waals surface area contributed by atoms with Crippen molar-refractivity contribution in [1.29, 1.82) is 0 Å². The van der Waals surface area contributed by atoms with E-state index in [-0.39, 0.29) is 12.3 Å². The highest BCUT2D eigenvalue weighted by molar-refractivity contribution is 5.83. The normalized spacial score (nSPS) is 47.6. The molecular formula is C20H26O6. The molecule has 6 heteroatoms. The molecular weight excluding hydrogens is 336 g/mol. The Hall–Kier alpha value is -1.47. The van der Waals surface area contributed by atoms with Gasteiger partial charge < -0.3 is 24.4 Å². The first-order valence-electron chi connectivity index (χ1n) is 9.14. The van der Waals surface area contributed by atoms with Crippen LogP contribution in [0.1, 0.15) is 46.5 Å². The third-order valence-corrected chi connectivity index (χ3v) is 6.16. The molecule has 0 radical (unpaired) electrons. The SMILES string of the molecule is C=C(C)C1CCC2(O)C(=O)OC3CC(C)=CC4(C=C(C)C(O)(C1)O4)OC32. The number of carbonyl (C=O) groups is 1. The standard InChI is InChI=1S/C20H26O6/c1-11(2)14-5-6-19(22)16-15(24-17(19)21)7-12(3)8-18(25-16)9-13(4)20(23,10-14)26-18/h8-9,14-16,22-23H,1,5-7,10H2,2-4H3. The van der Waals surface area contributed by atoms with Crippen molar-refractivity contribution in [2.75, 3.05) is 0 Å². The second-order valence-corrected chi connectivity index (χ2v) is 8.32. The average molecular weight is 362 g/mol. The molecule has 2 N–H and O–H groups in total. The predicted octanol–water partition coefficient (Wildman–Crippen LogP) is 2.12. The summed E-state index contributed by atoms with van der Waals surface area (Å²) in [6, 6.07) is 0. The van der Waals surface area contributed by atoms with Gasteiger partial charge in [-0.2, -0.15) is 0 Å². The van der Waals surface area contributed by atoms with Crippen LogP contribution in [-0.2, 0) is 19.0 Å². The Morgan fingerprint density at radius 1 is 1.31 bits per heavy atom. The van der Waals surface area contributed by atoms with Crippen LogP contribution < -0.4 is 0 Å². The maximum atomic E-state index is 12.5. The van der Waals surface area contributed by atoms with E-state index in [0.29, 0.717) is 24.8 Å². The van der Waals surface area contributed by atoms with Crippen LogP contribution in [0.5, 0.6) is 0 Å². The van der Waals surface area contributed by atoms with E-state index in [1.807, 2.05) is 13.8 Å². The van der Waals surface area contributed by atoms with Crippen molar-refractivity contribution < 1.29 is 29.2 Å². The van der Waals surface area contributed by atoms with Crippen molar-refractivity contribution in [2.24, 2.45) is 5.92 Å². The minimum absolute atomic E-state index is 0.111. The highest BCUT2D eigenvalue weighted by atomic mass is 16.8. The van der Waals surface area contributed by atoms with Crippen LogP contribution in [0.25, 0.3) is 0 Å². The molecule has 1 spiro atoms. The van der Waals surface area contributed by atoms with Gasteiger partial charge in [0.25, 0.3) is 0 Å². The molecule has 6 atom stereocenters.